The van der Waals surface area contributed by atoms with E-state index in [1.807, 2.05) is 13.0 Å². The van der Waals surface area contributed by atoms with Crippen molar-refractivity contribution >= 4 is 0 Å². The first-order valence-electron chi connectivity index (χ1n) is 4.68. The van der Waals surface area contributed by atoms with E-state index in [4.69, 9.17) is 4.74 Å². The third-order valence-corrected chi connectivity index (χ3v) is 1.68. The van der Waals surface area contributed by atoms with E-state index in [-0.39, 0.29) is 0 Å². The summed E-state index contributed by atoms with van der Waals surface area (Å²) < 4.78 is 5.39. The van der Waals surface area contributed by atoms with Gasteiger partial charge in [-0.3, -0.25) is 5.10 Å². The summed E-state index contributed by atoms with van der Waals surface area (Å²) in [5.74, 6) is 0.689. The average molecular weight is 183 g/mol. The van der Waals surface area contributed by atoms with Crippen molar-refractivity contribution in [2.45, 2.75) is 20.3 Å². The van der Waals surface area contributed by atoms with Crippen LogP contribution in [0, 0.1) is 6.92 Å². The molecule has 0 saturated carbocycles. The first kappa shape index (κ1) is 10.1. The molecule has 0 aliphatic carbocycles. The molecule has 1 aromatic heterocycles. The van der Waals surface area contributed by atoms with Gasteiger partial charge in [-0.25, -0.2) is 0 Å². The molecule has 0 saturated heterocycles. The number of nitrogens with one attached hydrogen (secondary N) is 2. The number of hydrogen-bond donors (Lipinski definition) is 2. The highest BCUT2D eigenvalue weighted by Gasteiger charge is 1.96. The van der Waals surface area contributed by atoms with E-state index in [9.17, 15) is 0 Å². The van der Waals surface area contributed by atoms with E-state index in [0.29, 0.717) is 5.88 Å². The zero-order valence-corrected chi connectivity index (χ0v) is 8.26. The first-order valence-corrected chi connectivity index (χ1v) is 4.68. The van der Waals surface area contributed by atoms with Crippen LogP contribution in [0.1, 0.15) is 19.0 Å². The van der Waals surface area contributed by atoms with Crippen molar-refractivity contribution in [2.24, 2.45) is 0 Å². The Morgan fingerprint density at radius 3 is 3.08 bits per heavy atom. The van der Waals surface area contributed by atoms with E-state index < -0.39 is 0 Å². The minimum Gasteiger partial charge on any atom is -0.477 e. The molecule has 1 heterocycles. The van der Waals surface area contributed by atoms with Gasteiger partial charge in [0.05, 0.1) is 6.61 Å². The van der Waals surface area contributed by atoms with Gasteiger partial charge in [0.1, 0.15) is 0 Å². The second-order valence-electron chi connectivity index (χ2n) is 2.94. The summed E-state index contributed by atoms with van der Waals surface area (Å²) in [6.45, 7) is 6.79. The van der Waals surface area contributed by atoms with Gasteiger partial charge in [0.25, 0.3) is 0 Å². The predicted molar refractivity (Wildman–Crippen MR) is 52.0 cm³/mol. The van der Waals surface area contributed by atoms with Gasteiger partial charge in [-0.05, 0) is 26.4 Å². The summed E-state index contributed by atoms with van der Waals surface area (Å²) in [7, 11) is 0. The SMILES string of the molecule is CCNCCCOc1cc(C)[nH]n1. The fourth-order valence-electron chi connectivity index (χ4n) is 1.02. The van der Waals surface area contributed by atoms with E-state index >= 15 is 0 Å². The summed E-state index contributed by atoms with van der Waals surface area (Å²) in [4.78, 5) is 0. The Morgan fingerprint density at radius 1 is 1.62 bits per heavy atom. The molecule has 0 unspecified atom stereocenters. The number of H-pyrrole nitrogens is 1. The molecule has 4 heteroatoms. The zero-order chi connectivity index (χ0) is 9.52. The van der Waals surface area contributed by atoms with Crippen LogP contribution < -0.4 is 10.1 Å². The Labute approximate surface area is 78.7 Å². The third kappa shape index (κ3) is 3.94. The number of hydrogen-bond acceptors (Lipinski definition) is 3. The van der Waals surface area contributed by atoms with E-state index in [0.717, 1.165) is 31.8 Å². The zero-order valence-electron chi connectivity index (χ0n) is 8.26. The summed E-state index contributed by atoms with van der Waals surface area (Å²) in [5.41, 5.74) is 1.03. The Kier molecular flexibility index (Phi) is 4.32. The van der Waals surface area contributed by atoms with Gasteiger partial charge >= 0.3 is 0 Å². The molecule has 74 valence electrons. The quantitative estimate of drug-likeness (QED) is 0.649. The maximum atomic E-state index is 5.39. The molecule has 0 atom stereocenters. The van der Waals surface area contributed by atoms with Crippen LogP contribution in [-0.4, -0.2) is 29.9 Å². The average Bonchev–Trinajstić information content (AvgIpc) is 2.51. The van der Waals surface area contributed by atoms with Crippen LogP contribution in [0.25, 0.3) is 0 Å². The highest BCUT2D eigenvalue weighted by molar-refractivity contribution is 5.11. The standard InChI is InChI=1S/C9H17N3O/c1-3-10-5-4-6-13-9-7-8(2)11-12-9/h7,10H,3-6H2,1-2H3,(H,11,12). The van der Waals surface area contributed by atoms with Gasteiger partial charge in [-0.2, -0.15) is 0 Å². The molecule has 0 amide bonds. The molecular weight excluding hydrogens is 166 g/mol. The van der Waals surface area contributed by atoms with Gasteiger partial charge in [-0.1, -0.05) is 6.92 Å². The van der Waals surface area contributed by atoms with Gasteiger partial charge in [0.15, 0.2) is 0 Å². The molecule has 13 heavy (non-hydrogen) atoms. The molecule has 0 spiro atoms. The maximum Gasteiger partial charge on any atom is 0.232 e. The number of aryl methyl sites for hydroxylation is 1. The highest BCUT2D eigenvalue weighted by Crippen LogP contribution is 2.06. The van der Waals surface area contributed by atoms with Crippen LogP contribution in [0.4, 0.5) is 0 Å². The van der Waals surface area contributed by atoms with E-state index in [2.05, 4.69) is 22.4 Å². The van der Waals surface area contributed by atoms with Crippen molar-refractivity contribution in [1.82, 2.24) is 15.5 Å². The molecule has 0 bridgehead atoms. The van der Waals surface area contributed by atoms with Gasteiger partial charge in [-0.15, -0.1) is 5.10 Å². The van der Waals surface area contributed by atoms with Crippen LogP contribution in [-0.2, 0) is 0 Å². The van der Waals surface area contributed by atoms with E-state index in [1.54, 1.807) is 0 Å². The van der Waals surface area contributed by atoms with Crippen LogP contribution in [0.2, 0.25) is 0 Å². The monoisotopic (exact) mass is 183 g/mol. The van der Waals surface area contributed by atoms with Crippen LogP contribution in [0.15, 0.2) is 6.07 Å². The topological polar surface area (TPSA) is 49.9 Å². The van der Waals surface area contributed by atoms with Crippen molar-refractivity contribution in [2.75, 3.05) is 19.7 Å². The molecule has 0 aliphatic rings. The van der Waals surface area contributed by atoms with Crippen LogP contribution in [0.3, 0.4) is 0 Å². The fraction of sp³-hybridized carbons (Fsp3) is 0.667. The Balaban J connectivity index is 2.06. The molecule has 0 aliphatic heterocycles. The first-order chi connectivity index (χ1) is 6.33. The van der Waals surface area contributed by atoms with Crippen molar-refractivity contribution in [3.8, 4) is 5.88 Å². The third-order valence-electron chi connectivity index (χ3n) is 1.68. The highest BCUT2D eigenvalue weighted by atomic mass is 16.5. The Morgan fingerprint density at radius 2 is 2.46 bits per heavy atom. The fourth-order valence-corrected chi connectivity index (χ4v) is 1.02. The normalized spacial score (nSPS) is 10.3. The van der Waals surface area contributed by atoms with E-state index in [1.165, 1.54) is 0 Å². The largest absolute Gasteiger partial charge is 0.477 e. The number of aromatic nitrogens is 2. The molecule has 1 aromatic rings. The van der Waals surface area contributed by atoms with Gasteiger partial charge < -0.3 is 10.1 Å². The summed E-state index contributed by atoms with van der Waals surface area (Å²) in [6, 6.07) is 1.90. The Hall–Kier alpha value is -1.03. The van der Waals surface area contributed by atoms with Crippen molar-refractivity contribution in [3.63, 3.8) is 0 Å². The number of nitrogens with zero attached hydrogens (tertiary/aromatic N) is 1. The number of rotatable bonds is 6. The molecule has 0 radical (unpaired) electrons. The van der Waals surface area contributed by atoms with Gasteiger partial charge in [0.2, 0.25) is 5.88 Å². The second kappa shape index (κ2) is 5.59. The van der Waals surface area contributed by atoms with Crippen molar-refractivity contribution < 1.29 is 4.74 Å². The predicted octanol–water partition coefficient (Wildman–Crippen LogP) is 1.10. The molecule has 4 nitrogen and oxygen atoms in total. The number of ether oxygens (including phenoxy) is 1. The lowest BCUT2D eigenvalue weighted by atomic mass is 10.4. The second-order valence-corrected chi connectivity index (χ2v) is 2.94. The molecule has 0 fully saturated rings. The minimum absolute atomic E-state index is 0.689. The summed E-state index contributed by atoms with van der Waals surface area (Å²) in [6.07, 6.45) is 1.01. The summed E-state index contributed by atoms with van der Waals surface area (Å²) >= 11 is 0. The lowest BCUT2D eigenvalue weighted by Crippen LogP contribution is -2.16. The molecular formula is C9H17N3O. The van der Waals surface area contributed by atoms with Gasteiger partial charge in [0, 0.05) is 11.8 Å². The lowest BCUT2D eigenvalue weighted by molar-refractivity contribution is 0.297. The smallest absolute Gasteiger partial charge is 0.232 e. The molecule has 1 rings (SSSR count). The van der Waals surface area contributed by atoms with Crippen molar-refractivity contribution in [3.05, 3.63) is 11.8 Å². The maximum absolute atomic E-state index is 5.39. The summed E-state index contributed by atoms with van der Waals surface area (Å²) in [5, 5.41) is 10.0. The molecule has 0 aromatic carbocycles. The van der Waals surface area contributed by atoms with Crippen molar-refractivity contribution in [1.29, 1.82) is 0 Å². The molecule has 2 N–H and O–H groups in total. The van der Waals surface area contributed by atoms with Crippen LogP contribution >= 0.6 is 0 Å². The minimum atomic E-state index is 0.689. The number of aromatic amines is 1. The Bertz CT molecular complexity index is 235. The lowest BCUT2D eigenvalue weighted by Gasteiger charge is -2.02. The van der Waals surface area contributed by atoms with Crippen LogP contribution in [0.5, 0.6) is 5.88 Å².